The molecule has 1 saturated heterocycles. The number of nitrogens with zero attached hydrogens (tertiary/aromatic N) is 1. The van der Waals surface area contributed by atoms with Gasteiger partial charge in [-0.05, 0) is 24.5 Å². The van der Waals surface area contributed by atoms with Crippen LogP contribution in [0.2, 0.25) is 0 Å². The van der Waals surface area contributed by atoms with Crippen LogP contribution in [0.25, 0.3) is 0 Å². The minimum Gasteiger partial charge on any atom is -0.377 e. The van der Waals surface area contributed by atoms with Crippen molar-refractivity contribution in [2.24, 2.45) is 17.8 Å². The zero-order valence-corrected chi connectivity index (χ0v) is 11.1. The van der Waals surface area contributed by atoms with Gasteiger partial charge in [0.15, 0.2) is 0 Å². The average molecular weight is 247 g/mol. The summed E-state index contributed by atoms with van der Waals surface area (Å²) in [5.74, 6) is 0.674. The van der Waals surface area contributed by atoms with Gasteiger partial charge in [0.1, 0.15) is 0 Å². The second kappa shape index (κ2) is 5.53. The minimum absolute atomic E-state index is 0.0166. The highest BCUT2D eigenvalue weighted by Crippen LogP contribution is 2.33. The van der Waals surface area contributed by atoms with Crippen molar-refractivity contribution in [3.8, 4) is 0 Å². The highest BCUT2D eigenvalue weighted by Gasteiger charge is 2.41. The van der Waals surface area contributed by atoms with E-state index >= 15 is 0 Å². The molecule has 1 aromatic heterocycles. The predicted molar refractivity (Wildman–Crippen MR) is 71.4 cm³/mol. The van der Waals surface area contributed by atoms with Gasteiger partial charge in [0.25, 0.3) is 0 Å². The summed E-state index contributed by atoms with van der Waals surface area (Å²) in [6, 6.07) is 3.74. The molecule has 1 aliphatic rings. The SMILES string of the molecule is C=C[C@H]1CO[C@H](CC(C)C)[C@H]1C(=O)n1cccc1. The van der Waals surface area contributed by atoms with Crippen molar-refractivity contribution in [3.05, 3.63) is 37.2 Å². The Morgan fingerprint density at radius 1 is 1.50 bits per heavy atom. The van der Waals surface area contributed by atoms with Gasteiger partial charge in [-0.25, -0.2) is 0 Å². The van der Waals surface area contributed by atoms with Crippen LogP contribution in [0.15, 0.2) is 37.2 Å². The van der Waals surface area contributed by atoms with Crippen molar-refractivity contribution in [3.63, 3.8) is 0 Å². The van der Waals surface area contributed by atoms with Crippen molar-refractivity contribution in [2.75, 3.05) is 6.61 Å². The van der Waals surface area contributed by atoms with E-state index in [2.05, 4.69) is 20.4 Å². The zero-order chi connectivity index (χ0) is 13.1. The molecule has 0 radical (unpaired) electrons. The van der Waals surface area contributed by atoms with Crippen molar-refractivity contribution >= 4 is 5.91 Å². The fourth-order valence-electron chi connectivity index (χ4n) is 2.61. The summed E-state index contributed by atoms with van der Waals surface area (Å²) >= 11 is 0. The van der Waals surface area contributed by atoms with Gasteiger partial charge >= 0.3 is 0 Å². The Labute approximate surface area is 108 Å². The third kappa shape index (κ3) is 2.56. The van der Waals surface area contributed by atoms with E-state index in [1.165, 1.54) is 0 Å². The molecule has 0 amide bonds. The van der Waals surface area contributed by atoms with Gasteiger partial charge in [-0.15, -0.1) is 6.58 Å². The van der Waals surface area contributed by atoms with Crippen LogP contribution in [0.3, 0.4) is 0 Å². The lowest BCUT2D eigenvalue weighted by molar-refractivity contribution is 0.0557. The first-order valence-corrected chi connectivity index (χ1v) is 6.54. The first-order chi connectivity index (χ1) is 8.63. The molecule has 0 unspecified atom stereocenters. The summed E-state index contributed by atoms with van der Waals surface area (Å²) in [5, 5.41) is 0. The average Bonchev–Trinajstić information content (AvgIpc) is 2.95. The first kappa shape index (κ1) is 13.1. The van der Waals surface area contributed by atoms with Gasteiger partial charge in [-0.1, -0.05) is 19.9 Å². The van der Waals surface area contributed by atoms with Crippen molar-refractivity contribution in [1.82, 2.24) is 4.57 Å². The van der Waals surface area contributed by atoms with Gasteiger partial charge in [0.2, 0.25) is 5.91 Å². The molecular weight excluding hydrogens is 226 g/mol. The Kier molecular flexibility index (Phi) is 4.02. The van der Waals surface area contributed by atoms with E-state index in [1.54, 1.807) is 17.0 Å². The topological polar surface area (TPSA) is 31.2 Å². The molecule has 0 bridgehead atoms. The Balaban J connectivity index is 2.19. The molecule has 2 rings (SSSR count). The molecule has 18 heavy (non-hydrogen) atoms. The third-order valence-corrected chi connectivity index (χ3v) is 3.52. The van der Waals surface area contributed by atoms with Crippen LogP contribution in [-0.2, 0) is 4.74 Å². The molecule has 3 heteroatoms. The molecule has 3 atom stereocenters. The smallest absolute Gasteiger partial charge is 0.236 e. The summed E-state index contributed by atoms with van der Waals surface area (Å²) in [5.41, 5.74) is 0. The van der Waals surface area contributed by atoms with E-state index in [-0.39, 0.29) is 23.8 Å². The Morgan fingerprint density at radius 2 is 2.17 bits per heavy atom. The second-order valence-corrected chi connectivity index (χ2v) is 5.36. The number of rotatable bonds is 4. The molecule has 0 N–H and O–H groups in total. The van der Waals surface area contributed by atoms with E-state index in [4.69, 9.17) is 4.74 Å². The molecule has 1 aromatic rings. The molecule has 1 aliphatic heterocycles. The molecular formula is C15H21NO2. The molecule has 0 spiro atoms. The summed E-state index contributed by atoms with van der Waals surface area (Å²) in [6.45, 7) is 8.75. The lowest BCUT2D eigenvalue weighted by atomic mass is 9.86. The molecule has 0 aromatic carbocycles. The normalized spacial score (nSPS) is 27.6. The molecule has 0 aliphatic carbocycles. The van der Waals surface area contributed by atoms with Crippen LogP contribution < -0.4 is 0 Å². The van der Waals surface area contributed by atoms with E-state index in [1.807, 2.05) is 18.2 Å². The quantitative estimate of drug-likeness (QED) is 0.766. The molecule has 0 saturated carbocycles. The monoisotopic (exact) mass is 247 g/mol. The van der Waals surface area contributed by atoms with Crippen LogP contribution in [0.5, 0.6) is 0 Å². The lowest BCUT2D eigenvalue weighted by Gasteiger charge is -2.21. The van der Waals surface area contributed by atoms with E-state index in [9.17, 15) is 4.79 Å². The Bertz CT molecular complexity index is 408. The van der Waals surface area contributed by atoms with Crippen molar-refractivity contribution in [1.29, 1.82) is 0 Å². The minimum atomic E-state index is -0.0997. The lowest BCUT2D eigenvalue weighted by Crippen LogP contribution is -2.32. The number of aromatic nitrogens is 1. The molecule has 2 heterocycles. The van der Waals surface area contributed by atoms with E-state index in [0.717, 1.165) is 6.42 Å². The Hall–Kier alpha value is -1.35. The van der Waals surface area contributed by atoms with Crippen molar-refractivity contribution in [2.45, 2.75) is 26.4 Å². The fraction of sp³-hybridized carbons (Fsp3) is 0.533. The van der Waals surface area contributed by atoms with E-state index < -0.39 is 0 Å². The van der Waals surface area contributed by atoms with Gasteiger partial charge in [0, 0.05) is 18.3 Å². The summed E-state index contributed by atoms with van der Waals surface area (Å²) in [7, 11) is 0. The fourth-order valence-corrected chi connectivity index (χ4v) is 2.61. The summed E-state index contributed by atoms with van der Waals surface area (Å²) in [4.78, 5) is 12.5. The predicted octanol–water partition coefficient (Wildman–Crippen LogP) is 2.99. The van der Waals surface area contributed by atoms with Crippen molar-refractivity contribution < 1.29 is 9.53 Å². The maximum Gasteiger partial charge on any atom is 0.236 e. The highest BCUT2D eigenvalue weighted by atomic mass is 16.5. The molecule has 3 nitrogen and oxygen atoms in total. The zero-order valence-electron chi connectivity index (χ0n) is 11.1. The number of ether oxygens (including phenoxy) is 1. The number of carbonyl (C=O) groups excluding carboxylic acids is 1. The third-order valence-electron chi connectivity index (χ3n) is 3.52. The standard InChI is InChI=1S/C15H21NO2/c1-4-12-10-18-13(9-11(2)3)14(12)15(17)16-7-5-6-8-16/h4-8,11-14H,1,9-10H2,2-3H3/t12-,13+,14-/m0/s1. The maximum absolute atomic E-state index is 12.5. The van der Waals surface area contributed by atoms with Gasteiger partial charge in [-0.3, -0.25) is 9.36 Å². The van der Waals surface area contributed by atoms with Gasteiger partial charge in [0.05, 0.1) is 18.6 Å². The highest BCUT2D eigenvalue weighted by molar-refractivity contribution is 5.82. The largest absolute Gasteiger partial charge is 0.377 e. The number of hydrogen-bond donors (Lipinski definition) is 0. The van der Waals surface area contributed by atoms with E-state index in [0.29, 0.717) is 12.5 Å². The maximum atomic E-state index is 12.5. The summed E-state index contributed by atoms with van der Waals surface area (Å²) in [6.07, 6.45) is 6.39. The number of hydrogen-bond acceptors (Lipinski definition) is 2. The Morgan fingerprint density at radius 3 is 2.72 bits per heavy atom. The first-order valence-electron chi connectivity index (χ1n) is 6.54. The van der Waals surface area contributed by atoms with Crippen LogP contribution in [0, 0.1) is 17.8 Å². The molecule has 98 valence electrons. The van der Waals surface area contributed by atoms with Crippen LogP contribution in [0.1, 0.15) is 25.1 Å². The van der Waals surface area contributed by atoms with Crippen LogP contribution in [0.4, 0.5) is 0 Å². The van der Waals surface area contributed by atoms with Crippen LogP contribution in [-0.4, -0.2) is 23.2 Å². The van der Waals surface area contributed by atoms with Gasteiger partial charge in [-0.2, -0.15) is 0 Å². The molecule has 1 fully saturated rings. The van der Waals surface area contributed by atoms with Crippen LogP contribution >= 0.6 is 0 Å². The number of carbonyl (C=O) groups is 1. The van der Waals surface area contributed by atoms with Gasteiger partial charge < -0.3 is 4.74 Å². The summed E-state index contributed by atoms with van der Waals surface area (Å²) < 4.78 is 7.45. The second-order valence-electron chi connectivity index (χ2n) is 5.36.